The number of hydrogen-bond donors (Lipinski definition) is 1. The molecule has 3 aromatic rings. The smallest absolute Gasteiger partial charge is 0.343 e. The quantitative estimate of drug-likeness (QED) is 0.286. The second-order valence-corrected chi connectivity index (χ2v) is 5.96. The van der Waals surface area contributed by atoms with Crippen LogP contribution in [-0.4, -0.2) is 24.7 Å². The summed E-state index contributed by atoms with van der Waals surface area (Å²) < 4.78 is 11.0. The van der Waals surface area contributed by atoms with Crippen molar-refractivity contribution in [2.45, 2.75) is 6.92 Å². The molecule has 0 aliphatic carbocycles. The van der Waals surface area contributed by atoms with Crippen molar-refractivity contribution in [2.75, 3.05) is 6.61 Å². The van der Waals surface area contributed by atoms with E-state index in [-0.39, 0.29) is 5.91 Å². The average molecular weight is 388 g/mol. The molecule has 0 unspecified atom stereocenters. The standard InChI is InChI=1S/C23H20N2O4/c1-2-28-21-15-17(16-24-25-22(26)18-9-5-3-6-10-18)13-14-20(21)29-23(27)19-11-7-4-8-12-19/h3-16H,2H2,1H3,(H,25,26)/b24-16+. The molecule has 0 bridgehead atoms. The van der Waals surface area contributed by atoms with Gasteiger partial charge in [0.2, 0.25) is 0 Å². The van der Waals surface area contributed by atoms with Gasteiger partial charge >= 0.3 is 5.97 Å². The maximum atomic E-state index is 12.3. The molecule has 0 heterocycles. The summed E-state index contributed by atoms with van der Waals surface area (Å²) in [6.45, 7) is 2.24. The van der Waals surface area contributed by atoms with Crippen LogP contribution in [0.25, 0.3) is 0 Å². The average Bonchev–Trinajstić information content (AvgIpc) is 2.76. The van der Waals surface area contributed by atoms with Gasteiger partial charge < -0.3 is 9.47 Å². The number of hydrogen-bond acceptors (Lipinski definition) is 5. The molecule has 1 N–H and O–H groups in total. The van der Waals surface area contributed by atoms with Gasteiger partial charge in [0.25, 0.3) is 5.91 Å². The molecular weight excluding hydrogens is 368 g/mol. The van der Waals surface area contributed by atoms with E-state index in [1.54, 1.807) is 66.7 Å². The number of carbonyl (C=O) groups excluding carboxylic acids is 2. The fourth-order valence-corrected chi connectivity index (χ4v) is 2.51. The third-order valence-corrected chi connectivity index (χ3v) is 3.90. The van der Waals surface area contributed by atoms with Crippen LogP contribution in [0.5, 0.6) is 11.5 Å². The Kier molecular flexibility index (Phi) is 6.73. The second-order valence-electron chi connectivity index (χ2n) is 5.96. The number of esters is 1. The maximum absolute atomic E-state index is 12.3. The molecule has 0 fully saturated rings. The Morgan fingerprint density at radius 2 is 1.55 bits per heavy atom. The van der Waals surface area contributed by atoms with Gasteiger partial charge in [0.1, 0.15) is 0 Å². The van der Waals surface area contributed by atoms with Gasteiger partial charge in [-0.15, -0.1) is 0 Å². The molecule has 6 nitrogen and oxygen atoms in total. The van der Waals surface area contributed by atoms with Crippen molar-refractivity contribution >= 4 is 18.1 Å². The lowest BCUT2D eigenvalue weighted by molar-refractivity contribution is 0.0728. The summed E-state index contributed by atoms with van der Waals surface area (Å²) in [5.74, 6) is -0.0512. The van der Waals surface area contributed by atoms with E-state index in [0.717, 1.165) is 0 Å². The fourth-order valence-electron chi connectivity index (χ4n) is 2.51. The van der Waals surface area contributed by atoms with Crippen molar-refractivity contribution in [1.29, 1.82) is 0 Å². The highest BCUT2D eigenvalue weighted by Gasteiger charge is 2.13. The molecule has 0 saturated heterocycles. The van der Waals surface area contributed by atoms with E-state index in [0.29, 0.717) is 34.8 Å². The summed E-state index contributed by atoms with van der Waals surface area (Å²) in [5.41, 5.74) is 4.12. The molecule has 0 radical (unpaired) electrons. The second kappa shape index (κ2) is 9.85. The van der Waals surface area contributed by atoms with E-state index in [9.17, 15) is 9.59 Å². The van der Waals surface area contributed by atoms with Crippen LogP contribution in [0.15, 0.2) is 84.0 Å². The number of nitrogens with zero attached hydrogens (tertiary/aromatic N) is 1. The minimum absolute atomic E-state index is 0.305. The predicted molar refractivity (Wildman–Crippen MR) is 111 cm³/mol. The molecule has 0 aromatic heterocycles. The fraction of sp³-hybridized carbons (Fsp3) is 0.0870. The molecule has 3 aromatic carbocycles. The minimum atomic E-state index is -0.469. The van der Waals surface area contributed by atoms with Gasteiger partial charge in [-0.2, -0.15) is 5.10 Å². The Morgan fingerprint density at radius 3 is 2.21 bits per heavy atom. The topological polar surface area (TPSA) is 77.0 Å². The van der Waals surface area contributed by atoms with Crippen molar-refractivity contribution in [3.63, 3.8) is 0 Å². The highest BCUT2D eigenvalue weighted by Crippen LogP contribution is 2.28. The van der Waals surface area contributed by atoms with Crippen LogP contribution in [0.1, 0.15) is 33.2 Å². The number of rotatable bonds is 7. The Labute approximate surface area is 168 Å². The third-order valence-electron chi connectivity index (χ3n) is 3.90. The van der Waals surface area contributed by atoms with Gasteiger partial charge in [0, 0.05) is 5.56 Å². The van der Waals surface area contributed by atoms with E-state index in [1.807, 2.05) is 19.1 Å². The monoisotopic (exact) mass is 388 g/mol. The number of amides is 1. The molecule has 0 atom stereocenters. The highest BCUT2D eigenvalue weighted by molar-refractivity contribution is 5.95. The first-order valence-corrected chi connectivity index (χ1v) is 9.10. The van der Waals surface area contributed by atoms with Gasteiger partial charge in [-0.3, -0.25) is 4.79 Å². The highest BCUT2D eigenvalue weighted by atomic mass is 16.6. The number of carbonyl (C=O) groups is 2. The summed E-state index contributed by atoms with van der Waals surface area (Å²) in [6, 6.07) is 22.6. The molecular formula is C23H20N2O4. The maximum Gasteiger partial charge on any atom is 0.343 e. The number of ether oxygens (including phenoxy) is 2. The number of benzene rings is 3. The lowest BCUT2D eigenvalue weighted by Crippen LogP contribution is -2.17. The molecule has 6 heteroatoms. The molecule has 3 rings (SSSR count). The van der Waals surface area contributed by atoms with E-state index < -0.39 is 5.97 Å². The third kappa shape index (κ3) is 5.52. The SMILES string of the molecule is CCOc1cc(/C=N/NC(=O)c2ccccc2)ccc1OC(=O)c1ccccc1. The first kappa shape index (κ1) is 19.8. The molecule has 29 heavy (non-hydrogen) atoms. The Morgan fingerprint density at radius 1 is 0.897 bits per heavy atom. The zero-order valence-electron chi connectivity index (χ0n) is 15.9. The number of nitrogens with one attached hydrogen (secondary N) is 1. The lowest BCUT2D eigenvalue weighted by atomic mass is 10.2. The van der Waals surface area contributed by atoms with Crippen LogP contribution in [0.3, 0.4) is 0 Å². The van der Waals surface area contributed by atoms with Gasteiger partial charge in [-0.25, -0.2) is 10.2 Å². The summed E-state index contributed by atoms with van der Waals surface area (Å²) in [7, 11) is 0. The normalized spacial score (nSPS) is 10.5. The zero-order valence-corrected chi connectivity index (χ0v) is 15.9. The van der Waals surface area contributed by atoms with Crippen molar-refractivity contribution in [3.8, 4) is 11.5 Å². The molecule has 0 spiro atoms. The van der Waals surface area contributed by atoms with Crippen LogP contribution < -0.4 is 14.9 Å². The lowest BCUT2D eigenvalue weighted by Gasteiger charge is -2.11. The van der Waals surface area contributed by atoms with Crippen LogP contribution in [0.2, 0.25) is 0 Å². The Hall–Kier alpha value is -3.93. The van der Waals surface area contributed by atoms with Crippen molar-refractivity contribution in [2.24, 2.45) is 5.10 Å². The molecule has 0 aliphatic rings. The van der Waals surface area contributed by atoms with Crippen molar-refractivity contribution < 1.29 is 19.1 Å². The van der Waals surface area contributed by atoms with E-state index in [2.05, 4.69) is 10.5 Å². The summed E-state index contributed by atoms with van der Waals surface area (Å²) >= 11 is 0. The predicted octanol–water partition coefficient (Wildman–Crippen LogP) is 4.07. The van der Waals surface area contributed by atoms with Gasteiger partial charge in [-0.1, -0.05) is 36.4 Å². The zero-order chi connectivity index (χ0) is 20.5. The van der Waals surface area contributed by atoms with E-state index in [1.165, 1.54) is 6.21 Å². The van der Waals surface area contributed by atoms with Crippen LogP contribution in [0, 0.1) is 0 Å². The first-order valence-electron chi connectivity index (χ1n) is 9.10. The van der Waals surface area contributed by atoms with Gasteiger partial charge in [-0.05, 0) is 55.0 Å². The molecule has 0 aliphatic heterocycles. The van der Waals surface area contributed by atoms with Gasteiger partial charge in [0.15, 0.2) is 11.5 Å². The molecule has 1 amide bonds. The summed E-state index contributed by atoms with van der Waals surface area (Å²) in [5, 5.41) is 3.97. The summed E-state index contributed by atoms with van der Waals surface area (Å²) in [4.78, 5) is 24.3. The first-order chi connectivity index (χ1) is 14.2. The van der Waals surface area contributed by atoms with E-state index >= 15 is 0 Å². The molecule has 146 valence electrons. The Bertz CT molecular complexity index is 1000. The minimum Gasteiger partial charge on any atom is -0.490 e. The Balaban J connectivity index is 1.70. The van der Waals surface area contributed by atoms with Gasteiger partial charge in [0.05, 0.1) is 18.4 Å². The number of hydrazone groups is 1. The summed E-state index contributed by atoms with van der Waals surface area (Å²) in [6.07, 6.45) is 1.49. The largest absolute Gasteiger partial charge is 0.490 e. The van der Waals surface area contributed by atoms with Crippen molar-refractivity contribution in [3.05, 3.63) is 95.6 Å². The van der Waals surface area contributed by atoms with Crippen LogP contribution in [-0.2, 0) is 0 Å². The van der Waals surface area contributed by atoms with E-state index in [4.69, 9.17) is 9.47 Å². The van der Waals surface area contributed by atoms with Crippen LogP contribution >= 0.6 is 0 Å². The molecule has 0 saturated carbocycles. The van der Waals surface area contributed by atoms with Crippen molar-refractivity contribution in [1.82, 2.24) is 5.43 Å². The van der Waals surface area contributed by atoms with Crippen LogP contribution in [0.4, 0.5) is 0 Å².